The molecule has 0 saturated heterocycles. The second-order valence-corrected chi connectivity index (χ2v) is 3.89. The van der Waals surface area contributed by atoms with Gasteiger partial charge in [-0.05, 0) is 18.2 Å². The van der Waals surface area contributed by atoms with Crippen LogP contribution in [0.4, 0.5) is 32.0 Å². The number of hydrazone groups is 1. The molecule has 0 spiro atoms. The van der Waals surface area contributed by atoms with Crippen LogP contribution in [0.1, 0.15) is 11.1 Å². The summed E-state index contributed by atoms with van der Waals surface area (Å²) < 4.78 is 75.6. The van der Waals surface area contributed by atoms with Crippen molar-refractivity contribution in [2.24, 2.45) is 10.8 Å². The van der Waals surface area contributed by atoms with Gasteiger partial charge in [-0.2, -0.15) is 36.7 Å². The van der Waals surface area contributed by atoms with Crippen LogP contribution in [-0.4, -0.2) is 11.5 Å². The first-order valence-corrected chi connectivity index (χ1v) is 5.33. The predicted molar refractivity (Wildman–Crippen MR) is 65.0 cm³/mol. The van der Waals surface area contributed by atoms with Crippen LogP contribution in [0.25, 0.3) is 0 Å². The van der Waals surface area contributed by atoms with Gasteiger partial charge in [-0.25, -0.2) is 0 Å². The number of anilines is 1. The third kappa shape index (κ3) is 4.37. The fourth-order valence-electron chi connectivity index (χ4n) is 1.29. The third-order valence-corrected chi connectivity index (χ3v) is 2.25. The zero-order chi connectivity index (χ0) is 17.1. The third-order valence-electron chi connectivity index (χ3n) is 2.25. The summed E-state index contributed by atoms with van der Waals surface area (Å²) in [5, 5.41) is 18.6. The number of benzene rings is 1. The quantitative estimate of drug-likeness (QED) is 0.345. The number of hydrogen-bond donors (Lipinski definition) is 3. The van der Waals surface area contributed by atoms with Gasteiger partial charge in [0, 0.05) is 0 Å². The van der Waals surface area contributed by atoms with E-state index in [1.54, 1.807) is 0 Å². The molecule has 0 aromatic heterocycles. The molecule has 0 aliphatic carbocycles. The van der Waals surface area contributed by atoms with Crippen LogP contribution >= 0.6 is 0 Å². The van der Waals surface area contributed by atoms with Crippen molar-refractivity contribution in [3.05, 3.63) is 29.3 Å². The Kier molecular flexibility index (Phi) is 4.65. The van der Waals surface area contributed by atoms with Crippen LogP contribution < -0.4 is 11.2 Å². The average Bonchev–Trinajstić information content (AvgIpc) is 2.36. The van der Waals surface area contributed by atoms with Crippen molar-refractivity contribution >= 4 is 17.2 Å². The number of halogens is 6. The molecule has 0 saturated carbocycles. The van der Waals surface area contributed by atoms with Crippen molar-refractivity contribution in [2.75, 3.05) is 5.43 Å². The number of alkyl halides is 6. The number of nitriles is 1. The van der Waals surface area contributed by atoms with Gasteiger partial charge in [0.15, 0.2) is 5.84 Å². The summed E-state index contributed by atoms with van der Waals surface area (Å²) in [6, 6.07) is 2.07. The monoisotopic (exact) mass is 323 g/mol. The normalized spacial score (nSPS) is 12.7. The van der Waals surface area contributed by atoms with Gasteiger partial charge in [-0.3, -0.25) is 10.8 Å². The molecule has 0 aliphatic rings. The molecule has 118 valence electrons. The predicted octanol–water partition coefficient (Wildman–Crippen LogP) is 2.95. The van der Waals surface area contributed by atoms with Crippen molar-refractivity contribution in [3.63, 3.8) is 0 Å². The summed E-state index contributed by atoms with van der Waals surface area (Å²) in [4.78, 5) is 0. The lowest BCUT2D eigenvalue weighted by molar-refractivity contribution is -0.143. The zero-order valence-electron chi connectivity index (χ0n) is 10.5. The van der Waals surface area contributed by atoms with Gasteiger partial charge in [0.1, 0.15) is 6.07 Å². The number of amidine groups is 1. The highest BCUT2D eigenvalue weighted by atomic mass is 19.4. The number of nitrogens with one attached hydrogen (secondary N) is 2. The molecule has 1 aromatic rings. The van der Waals surface area contributed by atoms with Crippen LogP contribution in [0, 0.1) is 16.7 Å². The molecule has 0 heterocycles. The molecule has 1 aromatic carbocycles. The van der Waals surface area contributed by atoms with Gasteiger partial charge >= 0.3 is 12.4 Å². The Morgan fingerprint density at radius 2 is 1.55 bits per heavy atom. The van der Waals surface area contributed by atoms with E-state index < -0.39 is 40.7 Å². The summed E-state index contributed by atoms with van der Waals surface area (Å²) in [7, 11) is 0. The molecule has 0 fully saturated rings. The number of hydrogen-bond acceptors (Lipinski definition) is 4. The Balaban J connectivity index is 3.31. The molecule has 22 heavy (non-hydrogen) atoms. The Morgan fingerprint density at radius 1 is 1.09 bits per heavy atom. The Morgan fingerprint density at radius 3 is 1.86 bits per heavy atom. The molecular formula is C11H7F6N5. The largest absolute Gasteiger partial charge is 0.416 e. The van der Waals surface area contributed by atoms with Crippen LogP contribution in [0.2, 0.25) is 0 Å². The van der Waals surface area contributed by atoms with Crippen LogP contribution in [-0.2, 0) is 12.4 Å². The lowest BCUT2D eigenvalue weighted by Crippen LogP contribution is -2.22. The Bertz CT molecular complexity index is 620. The van der Waals surface area contributed by atoms with Crippen molar-refractivity contribution in [2.45, 2.75) is 12.4 Å². The van der Waals surface area contributed by atoms with E-state index in [0.717, 1.165) is 0 Å². The van der Waals surface area contributed by atoms with Crippen molar-refractivity contribution < 1.29 is 26.3 Å². The van der Waals surface area contributed by atoms with E-state index in [-0.39, 0.29) is 6.07 Å². The SMILES string of the molecule is N#C/C(=N\Nc1cc(C(F)(F)F)cc(C(F)(F)F)c1)C(=N)N. The fraction of sp³-hybridized carbons (Fsp3) is 0.182. The minimum absolute atomic E-state index is 0.0505. The smallest absolute Gasteiger partial charge is 0.382 e. The summed E-state index contributed by atoms with van der Waals surface area (Å²) in [5.74, 6) is -0.793. The summed E-state index contributed by atoms with van der Waals surface area (Å²) in [6.07, 6.45) is -10.00. The van der Waals surface area contributed by atoms with Gasteiger partial charge < -0.3 is 5.73 Å². The highest BCUT2D eigenvalue weighted by Gasteiger charge is 2.36. The van der Waals surface area contributed by atoms with Crippen LogP contribution in [0.15, 0.2) is 23.3 Å². The highest BCUT2D eigenvalue weighted by molar-refractivity contribution is 6.45. The Labute approximate surface area is 119 Å². The van der Waals surface area contributed by atoms with Gasteiger partial charge in [0.05, 0.1) is 16.8 Å². The van der Waals surface area contributed by atoms with Crippen LogP contribution in [0.5, 0.6) is 0 Å². The number of rotatable bonds is 3. The average molecular weight is 323 g/mol. The van der Waals surface area contributed by atoms with E-state index in [2.05, 4.69) is 5.10 Å². The fourth-order valence-corrected chi connectivity index (χ4v) is 1.29. The van der Waals surface area contributed by atoms with Crippen molar-refractivity contribution in [1.82, 2.24) is 0 Å². The molecule has 0 bridgehead atoms. The topological polar surface area (TPSA) is 98.0 Å². The van der Waals surface area contributed by atoms with E-state index in [0.29, 0.717) is 12.1 Å². The molecule has 0 amide bonds. The highest BCUT2D eigenvalue weighted by Crippen LogP contribution is 2.37. The maximum Gasteiger partial charge on any atom is 0.416 e. The van der Waals surface area contributed by atoms with E-state index in [1.165, 1.54) is 6.07 Å². The molecule has 0 radical (unpaired) electrons. The summed E-state index contributed by atoms with van der Waals surface area (Å²) >= 11 is 0. The lowest BCUT2D eigenvalue weighted by atomic mass is 10.1. The lowest BCUT2D eigenvalue weighted by Gasteiger charge is -2.13. The molecule has 0 unspecified atom stereocenters. The van der Waals surface area contributed by atoms with Gasteiger partial charge in [-0.1, -0.05) is 0 Å². The molecule has 0 aliphatic heterocycles. The van der Waals surface area contributed by atoms with E-state index >= 15 is 0 Å². The van der Waals surface area contributed by atoms with E-state index in [1.807, 2.05) is 5.43 Å². The van der Waals surface area contributed by atoms with Crippen molar-refractivity contribution in [1.29, 1.82) is 10.7 Å². The molecular weight excluding hydrogens is 316 g/mol. The van der Waals surface area contributed by atoms with E-state index in [9.17, 15) is 26.3 Å². The summed E-state index contributed by atoms with van der Waals surface area (Å²) in [5.41, 5.74) is 2.36. The molecule has 5 nitrogen and oxygen atoms in total. The second kappa shape index (κ2) is 5.92. The Hall–Kier alpha value is -2.77. The zero-order valence-corrected chi connectivity index (χ0v) is 10.5. The van der Waals surface area contributed by atoms with Crippen LogP contribution in [0.3, 0.4) is 0 Å². The molecule has 4 N–H and O–H groups in total. The second-order valence-electron chi connectivity index (χ2n) is 3.89. The first kappa shape index (κ1) is 17.3. The van der Waals surface area contributed by atoms with Crippen molar-refractivity contribution in [3.8, 4) is 6.07 Å². The minimum Gasteiger partial charge on any atom is -0.382 e. The number of nitrogens with two attached hydrogens (primary N) is 1. The van der Waals surface area contributed by atoms with Gasteiger partial charge in [0.25, 0.3) is 0 Å². The maximum atomic E-state index is 12.6. The first-order chi connectivity index (χ1) is 9.95. The minimum atomic E-state index is -5.00. The van der Waals surface area contributed by atoms with Gasteiger partial charge in [-0.15, -0.1) is 0 Å². The standard InChI is InChI=1S/C11H7F6N5/c12-10(13,14)5-1-6(11(15,16)17)3-7(2-5)21-22-8(4-18)9(19)20/h1-3,21H,(H3,19,20)/b22-8+. The van der Waals surface area contributed by atoms with E-state index in [4.69, 9.17) is 16.4 Å². The van der Waals surface area contributed by atoms with Gasteiger partial charge in [0.2, 0.25) is 5.71 Å². The maximum absolute atomic E-state index is 12.6. The summed E-state index contributed by atoms with van der Waals surface area (Å²) in [6.45, 7) is 0. The molecule has 1 rings (SSSR count). The molecule has 11 heteroatoms. The first-order valence-electron chi connectivity index (χ1n) is 5.33. The number of nitrogens with zero attached hydrogens (tertiary/aromatic N) is 2. The molecule has 0 atom stereocenters.